The number of aromatic hydroxyl groups is 1. The lowest BCUT2D eigenvalue weighted by molar-refractivity contribution is 0.474. The summed E-state index contributed by atoms with van der Waals surface area (Å²) < 4.78 is 49.1. The molecule has 0 saturated carbocycles. The van der Waals surface area contributed by atoms with E-state index in [9.17, 15) is 21.9 Å². The van der Waals surface area contributed by atoms with Crippen LogP contribution in [-0.4, -0.2) is 21.9 Å². The van der Waals surface area contributed by atoms with Crippen LogP contribution in [0.2, 0.25) is 0 Å². The number of hydrogen-bond acceptors (Lipinski definition) is 5. The van der Waals surface area contributed by atoms with Crippen LogP contribution in [0.3, 0.4) is 0 Å². The summed E-state index contributed by atoms with van der Waals surface area (Å²) in [5.41, 5.74) is 0.148. The highest BCUT2D eigenvalue weighted by Crippen LogP contribution is 2.22. The van der Waals surface area contributed by atoms with Crippen LogP contribution in [0.4, 0.5) is 5.69 Å². The maximum atomic E-state index is 12.0. The van der Waals surface area contributed by atoms with Crippen LogP contribution in [0.15, 0.2) is 58.8 Å². The molecule has 0 aliphatic rings. The summed E-state index contributed by atoms with van der Waals surface area (Å²) in [5, 5.41) is 15.5. The molecule has 0 radical (unpaired) electrons. The van der Waals surface area contributed by atoms with Gasteiger partial charge in [0.25, 0.3) is 10.0 Å². The zero-order chi connectivity index (χ0) is 17.1. The van der Waals surface area contributed by atoms with Crippen molar-refractivity contribution in [2.75, 3.05) is 4.72 Å². The number of nitrogens with one attached hydrogen (secondary N) is 1. The Morgan fingerprint density at radius 1 is 0.957 bits per heavy atom. The number of benzene rings is 2. The second-order valence-corrected chi connectivity index (χ2v) is 7.65. The van der Waals surface area contributed by atoms with Crippen LogP contribution >= 0.6 is 0 Å². The van der Waals surface area contributed by atoms with Gasteiger partial charge >= 0.3 is 0 Å². The van der Waals surface area contributed by atoms with Gasteiger partial charge in [-0.15, -0.1) is 0 Å². The molecule has 0 bridgehead atoms. The molecule has 2 aromatic carbocycles. The maximum Gasteiger partial charge on any atom is 0.255 e. The molecule has 2 aromatic rings. The zero-order valence-electron chi connectivity index (χ0n) is 11.7. The van der Waals surface area contributed by atoms with Crippen molar-refractivity contribution >= 4 is 31.8 Å². The fourth-order valence-corrected chi connectivity index (χ4v) is 3.41. The molecule has 0 aliphatic heterocycles. The molecule has 2 rings (SSSR count). The third-order valence-corrected chi connectivity index (χ3v) is 4.78. The van der Waals surface area contributed by atoms with Crippen LogP contribution in [0.1, 0.15) is 5.56 Å². The summed E-state index contributed by atoms with van der Waals surface area (Å²) in [4.78, 5) is -0.334. The maximum absolute atomic E-state index is 12.0. The molecule has 0 aromatic heterocycles. The first-order valence-electron chi connectivity index (χ1n) is 6.30. The molecule has 0 atom stereocenters. The van der Waals surface area contributed by atoms with Gasteiger partial charge in [0, 0.05) is 5.56 Å². The highest BCUT2D eigenvalue weighted by atomic mass is 32.2. The van der Waals surface area contributed by atoms with Crippen LogP contribution in [-0.2, 0) is 20.0 Å². The Bertz CT molecular complexity index is 951. The number of nitrogens with two attached hydrogens (primary N) is 1. The minimum atomic E-state index is -4.07. The molecule has 9 heteroatoms. The Kier molecular flexibility index (Phi) is 4.73. The lowest BCUT2D eigenvalue weighted by Gasteiger charge is -2.09. The number of phenolic OH excluding ortho intramolecular Hbond substituents is 1. The Labute approximate surface area is 134 Å². The third kappa shape index (κ3) is 4.55. The van der Waals surface area contributed by atoms with Crippen molar-refractivity contribution in [3.8, 4) is 5.75 Å². The minimum Gasteiger partial charge on any atom is -0.507 e. The normalized spacial score (nSPS) is 12.4. The van der Waals surface area contributed by atoms with Crippen molar-refractivity contribution in [1.29, 1.82) is 0 Å². The van der Waals surface area contributed by atoms with E-state index in [1.165, 1.54) is 42.5 Å². The lowest BCUT2D eigenvalue weighted by Crippen LogP contribution is -2.17. The number of anilines is 1. The molecular formula is C14H14N2O5S2. The summed E-state index contributed by atoms with van der Waals surface area (Å²) in [6, 6.07) is 11.5. The predicted molar refractivity (Wildman–Crippen MR) is 87.5 cm³/mol. The highest BCUT2D eigenvalue weighted by molar-refractivity contribution is 7.95. The lowest BCUT2D eigenvalue weighted by atomic mass is 10.2. The largest absolute Gasteiger partial charge is 0.507 e. The second-order valence-electron chi connectivity index (χ2n) is 4.55. The van der Waals surface area contributed by atoms with Crippen molar-refractivity contribution in [2.24, 2.45) is 5.14 Å². The summed E-state index contributed by atoms with van der Waals surface area (Å²) in [7, 11) is -8.06. The number of phenols is 1. The zero-order valence-corrected chi connectivity index (χ0v) is 13.4. The van der Waals surface area contributed by atoms with Crippen molar-refractivity contribution < 1.29 is 21.9 Å². The van der Waals surface area contributed by atoms with E-state index < -0.39 is 20.0 Å². The Balaban J connectivity index is 2.32. The van der Waals surface area contributed by atoms with Crippen molar-refractivity contribution in [3.05, 3.63) is 59.5 Å². The van der Waals surface area contributed by atoms with E-state index in [2.05, 4.69) is 4.72 Å². The number of rotatable bonds is 5. The fourth-order valence-electron chi connectivity index (χ4n) is 1.78. The van der Waals surface area contributed by atoms with E-state index in [-0.39, 0.29) is 16.3 Å². The van der Waals surface area contributed by atoms with Gasteiger partial charge in [-0.05, 0) is 24.3 Å². The van der Waals surface area contributed by atoms with E-state index in [4.69, 9.17) is 5.14 Å². The Morgan fingerprint density at radius 2 is 1.57 bits per heavy atom. The molecule has 122 valence electrons. The number of primary sulfonamides is 1. The SMILES string of the molecule is NS(=O)(=O)c1ccccc1NS(=O)(=O)/C=C/c1ccccc1O. The average Bonchev–Trinajstić information content (AvgIpc) is 2.45. The van der Waals surface area contributed by atoms with Gasteiger partial charge in [0.1, 0.15) is 10.6 Å². The molecule has 23 heavy (non-hydrogen) atoms. The topological polar surface area (TPSA) is 127 Å². The first kappa shape index (κ1) is 17.0. The molecule has 0 aliphatic carbocycles. The van der Waals surface area contributed by atoms with Gasteiger partial charge in [-0.3, -0.25) is 4.72 Å². The van der Waals surface area contributed by atoms with Gasteiger partial charge in [-0.2, -0.15) is 0 Å². The number of hydrogen-bond donors (Lipinski definition) is 3. The number of sulfonamides is 2. The molecule has 0 unspecified atom stereocenters. The first-order chi connectivity index (χ1) is 10.7. The summed E-state index contributed by atoms with van der Waals surface area (Å²) in [6.07, 6.45) is 1.19. The van der Waals surface area contributed by atoms with Gasteiger partial charge in [0.05, 0.1) is 11.1 Å². The molecular weight excluding hydrogens is 340 g/mol. The van der Waals surface area contributed by atoms with Crippen molar-refractivity contribution in [2.45, 2.75) is 4.90 Å². The summed E-state index contributed by atoms with van der Waals surface area (Å²) in [6.45, 7) is 0. The summed E-state index contributed by atoms with van der Waals surface area (Å²) >= 11 is 0. The van der Waals surface area contributed by atoms with E-state index >= 15 is 0 Å². The number of para-hydroxylation sites is 2. The van der Waals surface area contributed by atoms with Crippen LogP contribution in [0, 0.1) is 0 Å². The van der Waals surface area contributed by atoms with Gasteiger partial charge in [0.2, 0.25) is 10.0 Å². The van der Waals surface area contributed by atoms with E-state index in [0.717, 1.165) is 5.41 Å². The quantitative estimate of drug-likeness (QED) is 0.749. The monoisotopic (exact) mass is 354 g/mol. The van der Waals surface area contributed by atoms with E-state index in [1.807, 2.05) is 0 Å². The van der Waals surface area contributed by atoms with Crippen LogP contribution in [0.25, 0.3) is 6.08 Å². The second kappa shape index (κ2) is 6.41. The average molecular weight is 354 g/mol. The molecule has 0 spiro atoms. The molecule has 0 saturated heterocycles. The highest BCUT2D eigenvalue weighted by Gasteiger charge is 2.16. The fraction of sp³-hybridized carbons (Fsp3) is 0. The Hall–Kier alpha value is -2.36. The molecule has 4 N–H and O–H groups in total. The molecule has 0 amide bonds. The van der Waals surface area contributed by atoms with E-state index in [0.29, 0.717) is 5.56 Å². The van der Waals surface area contributed by atoms with E-state index in [1.54, 1.807) is 12.1 Å². The van der Waals surface area contributed by atoms with Gasteiger partial charge in [-0.1, -0.05) is 30.3 Å². The predicted octanol–water partition coefficient (Wildman–Crippen LogP) is 1.45. The van der Waals surface area contributed by atoms with Crippen LogP contribution in [0.5, 0.6) is 5.75 Å². The smallest absolute Gasteiger partial charge is 0.255 e. The van der Waals surface area contributed by atoms with Gasteiger partial charge in [0.15, 0.2) is 0 Å². The summed E-state index contributed by atoms with van der Waals surface area (Å²) in [5.74, 6) is -0.0797. The van der Waals surface area contributed by atoms with Crippen molar-refractivity contribution in [1.82, 2.24) is 0 Å². The minimum absolute atomic E-state index is 0.0797. The van der Waals surface area contributed by atoms with Crippen molar-refractivity contribution in [3.63, 3.8) is 0 Å². The standard InChI is InChI=1S/C14H14N2O5S2/c15-23(20,21)14-8-4-2-6-12(14)16-22(18,19)10-9-11-5-1-3-7-13(11)17/h1-10,16-17H,(H2,15,20,21)/b10-9+. The Morgan fingerprint density at radius 3 is 2.22 bits per heavy atom. The first-order valence-corrected chi connectivity index (χ1v) is 9.39. The van der Waals surface area contributed by atoms with Gasteiger partial charge < -0.3 is 5.11 Å². The third-order valence-electron chi connectivity index (χ3n) is 2.81. The molecule has 0 heterocycles. The molecule has 0 fully saturated rings. The van der Waals surface area contributed by atoms with Gasteiger partial charge in [-0.25, -0.2) is 22.0 Å². The molecule has 7 nitrogen and oxygen atoms in total. The van der Waals surface area contributed by atoms with Crippen LogP contribution < -0.4 is 9.86 Å².